The van der Waals surface area contributed by atoms with Crippen LogP contribution in [0.25, 0.3) is 0 Å². The summed E-state index contributed by atoms with van der Waals surface area (Å²) in [5.41, 5.74) is -3.10. The Morgan fingerprint density at radius 2 is 1.53 bits per heavy atom. The Labute approximate surface area is 175 Å². The molecule has 3 nitrogen and oxygen atoms in total. The molecule has 1 heterocycles. The predicted octanol–water partition coefficient (Wildman–Crippen LogP) is 5.28. The quantitative estimate of drug-likeness (QED) is 0.536. The molecule has 0 aromatic carbocycles. The molecule has 0 saturated heterocycles. The zero-order valence-corrected chi connectivity index (χ0v) is 16.2. The third-order valence-electron chi connectivity index (χ3n) is 5.50. The number of alkyl halides is 11. The number of pyridine rings is 1. The largest absolute Gasteiger partial charge is 0.453 e. The number of β-amino-alcohol motifs (C(OH)–C–C–N with tert-alkyl or cyclic N) is 1. The minimum absolute atomic E-state index is 0.241. The predicted molar refractivity (Wildman–Crippen MR) is 88.7 cm³/mol. The lowest BCUT2D eigenvalue weighted by molar-refractivity contribution is -0.306. The zero-order valence-electron chi connectivity index (χ0n) is 16.2. The van der Waals surface area contributed by atoms with Gasteiger partial charge in [-0.25, -0.2) is 4.98 Å². The molecule has 0 amide bonds. The maximum atomic E-state index is 13.7. The molecule has 1 aromatic rings. The Hall–Kier alpha value is -1.70. The summed E-state index contributed by atoms with van der Waals surface area (Å²) >= 11 is 0. The molecular formula is C18H19F11N2O. The van der Waals surface area contributed by atoms with E-state index in [-0.39, 0.29) is 5.69 Å². The second-order valence-corrected chi connectivity index (χ2v) is 7.80. The number of halogens is 11. The lowest BCUT2D eigenvalue weighted by Gasteiger charge is -2.43. The molecule has 0 aliphatic heterocycles. The number of aliphatic hydroxyl groups excluding tert-OH is 1. The highest BCUT2D eigenvalue weighted by Crippen LogP contribution is 2.49. The highest BCUT2D eigenvalue weighted by molar-refractivity contribution is 5.17. The summed E-state index contributed by atoms with van der Waals surface area (Å²) in [7, 11) is 0. The highest BCUT2D eigenvalue weighted by Gasteiger charge is 2.62. The van der Waals surface area contributed by atoms with E-state index in [2.05, 4.69) is 10.3 Å². The van der Waals surface area contributed by atoms with Crippen molar-refractivity contribution in [3.63, 3.8) is 0 Å². The maximum absolute atomic E-state index is 13.7. The van der Waals surface area contributed by atoms with Crippen LogP contribution in [0.1, 0.15) is 37.1 Å². The molecule has 32 heavy (non-hydrogen) atoms. The van der Waals surface area contributed by atoms with Crippen molar-refractivity contribution in [3.05, 3.63) is 29.6 Å². The first-order valence-corrected chi connectivity index (χ1v) is 9.35. The number of nitrogens with zero attached hydrogens (tertiary/aromatic N) is 1. The van der Waals surface area contributed by atoms with Gasteiger partial charge in [-0.2, -0.15) is 48.3 Å². The van der Waals surface area contributed by atoms with E-state index in [1.54, 1.807) is 0 Å². The Bertz CT molecular complexity index is 765. The average Bonchev–Trinajstić information content (AvgIpc) is 2.64. The molecule has 1 saturated carbocycles. The van der Waals surface area contributed by atoms with Crippen LogP contribution < -0.4 is 5.32 Å². The van der Waals surface area contributed by atoms with E-state index < -0.39 is 86.4 Å². The molecule has 2 N–H and O–H groups in total. The Morgan fingerprint density at radius 3 is 2.00 bits per heavy atom. The topological polar surface area (TPSA) is 45.1 Å². The van der Waals surface area contributed by atoms with Crippen LogP contribution in [0.3, 0.4) is 0 Å². The number of nitrogens with one attached hydrogen (secondary N) is 1. The van der Waals surface area contributed by atoms with E-state index in [1.165, 1.54) is 0 Å². The van der Waals surface area contributed by atoms with Gasteiger partial charge in [0.15, 0.2) is 6.10 Å². The lowest BCUT2D eigenvalue weighted by atomic mass is 9.72. The van der Waals surface area contributed by atoms with Gasteiger partial charge in [-0.15, -0.1) is 0 Å². The van der Waals surface area contributed by atoms with Crippen molar-refractivity contribution in [2.24, 2.45) is 5.92 Å². The van der Waals surface area contributed by atoms with Crippen LogP contribution in [0.5, 0.6) is 0 Å². The lowest BCUT2D eigenvalue weighted by Crippen LogP contribution is -2.56. The molecule has 1 atom stereocenters. The van der Waals surface area contributed by atoms with Gasteiger partial charge in [0.1, 0.15) is 5.69 Å². The third-order valence-corrected chi connectivity index (χ3v) is 5.50. The second kappa shape index (κ2) is 8.92. The first-order valence-electron chi connectivity index (χ1n) is 9.35. The normalized spacial score (nSPS) is 24.4. The molecule has 1 aliphatic carbocycles. The molecule has 184 valence electrons. The monoisotopic (exact) mass is 488 g/mol. The van der Waals surface area contributed by atoms with Crippen molar-refractivity contribution in [1.82, 2.24) is 10.3 Å². The highest BCUT2D eigenvalue weighted by atomic mass is 19.4. The van der Waals surface area contributed by atoms with Gasteiger partial charge in [-0.3, -0.25) is 0 Å². The fourth-order valence-corrected chi connectivity index (χ4v) is 3.69. The van der Waals surface area contributed by atoms with E-state index in [1.807, 2.05) is 0 Å². The summed E-state index contributed by atoms with van der Waals surface area (Å²) in [6, 6.07) is 2.78. The van der Waals surface area contributed by atoms with Gasteiger partial charge < -0.3 is 10.4 Å². The van der Waals surface area contributed by atoms with Gasteiger partial charge in [-0.1, -0.05) is 6.07 Å². The van der Waals surface area contributed by atoms with Crippen LogP contribution in [0.15, 0.2) is 18.2 Å². The minimum Gasteiger partial charge on any atom is -0.382 e. The molecule has 0 spiro atoms. The molecule has 14 heteroatoms. The van der Waals surface area contributed by atoms with Gasteiger partial charge in [0, 0.05) is 30.1 Å². The Kier molecular flexibility index (Phi) is 7.40. The first kappa shape index (κ1) is 26.6. The van der Waals surface area contributed by atoms with Crippen molar-refractivity contribution >= 4 is 0 Å². The summed E-state index contributed by atoms with van der Waals surface area (Å²) in [5.74, 6) is -7.17. The second-order valence-electron chi connectivity index (χ2n) is 7.80. The molecule has 2 rings (SSSR count). The van der Waals surface area contributed by atoms with Crippen LogP contribution in [0.4, 0.5) is 48.3 Å². The van der Waals surface area contributed by atoms with Crippen molar-refractivity contribution in [1.29, 1.82) is 0 Å². The number of rotatable bonds is 6. The maximum Gasteiger partial charge on any atom is 0.453 e. The van der Waals surface area contributed by atoms with Gasteiger partial charge in [0.05, 0.1) is 0 Å². The van der Waals surface area contributed by atoms with Crippen LogP contribution >= 0.6 is 0 Å². The molecule has 1 unspecified atom stereocenters. The summed E-state index contributed by atoms with van der Waals surface area (Å²) < 4.78 is 142. The SMILES string of the molecule is OC(CNC1(Cc2cccc(C(F)(F)F)n2)CCC(C(F)(F)C(F)(F)F)CC1)C(F)(F)F. The molecule has 1 aromatic heterocycles. The van der Waals surface area contributed by atoms with E-state index in [0.29, 0.717) is 6.07 Å². The molecule has 1 aliphatic rings. The van der Waals surface area contributed by atoms with Crippen LogP contribution in [-0.2, 0) is 12.6 Å². The van der Waals surface area contributed by atoms with E-state index >= 15 is 0 Å². The number of aliphatic hydroxyl groups is 1. The van der Waals surface area contributed by atoms with Gasteiger partial charge >= 0.3 is 24.5 Å². The fourth-order valence-electron chi connectivity index (χ4n) is 3.69. The molecule has 1 fully saturated rings. The number of hydrogen-bond acceptors (Lipinski definition) is 3. The standard InChI is InChI=1S/C18H19F11N2O/c19-15(20,18(27,28)29)10-4-6-14(7-5-10,30-9-13(32)17(24,25)26)8-11-2-1-3-12(31-11)16(21,22)23/h1-3,10,13,30,32H,4-9H2. The van der Waals surface area contributed by atoms with Crippen LogP contribution in [-0.4, -0.2) is 46.6 Å². The van der Waals surface area contributed by atoms with Crippen molar-refractivity contribution < 1.29 is 53.4 Å². The van der Waals surface area contributed by atoms with E-state index in [9.17, 15) is 53.4 Å². The van der Waals surface area contributed by atoms with Crippen LogP contribution in [0, 0.1) is 5.92 Å². The van der Waals surface area contributed by atoms with Gasteiger partial charge in [0.2, 0.25) is 0 Å². The van der Waals surface area contributed by atoms with Gasteiger partial charge in [-0.05, 0) is 37.8 Å². The molecular weight excluding hydrogens is 469 g/mol. The minimum atomic E-state index is -5.82. The first-order chi connectivity index (χ1) is 14.4. The Balaban J connectivity index is 2.26. The van der Waals surface area contributed by atoms with Crippen molar-refractivity contribution in [2.75, 3.05) is 6.54 Å². The zero-order chi connectivity index (χ0) is 24.6. The van der Waals surface area contributed by atoms with Crippen molar-refractivity contribution in [2.45, 2.75) is 68.2 Å². The summed E-state index contributed by atoms with van der Waals surface area (Å²) in [6.07, 6.45) is -21.5. The van der Waals surface area contributed by atoms with Crippen molar-refractivity contribution in [3.8, 4) is 0 Å². The third kappa shape index (κ3) is 6.21. The fraction of sp³-hybridized carbons (Fsp3) is 0.722. The smallest absolute Gasteiger partial charge is 0.382 e. The number of hydrogen-bond donors (Lipinski definition) is 2. The van der Waals surface area contributed by atoms with Gasteiger partial charge in [0.25, 0.3) is 0 Å². The van der Waals surface area contributed by atoms with E-state index in [0.717, 1.165) is 12.1 Å². The summed E-state index contributed by atoms with van der Waals surface area (Å²) in [6.45, 7) is -1.12. The molecule has 0 bridgehead atoms. The average molecular weight is 488 g/mol. The van der Waals surface area contributed by atoms with E-state index in [4.69, 9.17) is 0 Å². The summed E-state index contributed by atoms with van der Waals surface area (Å²) in [4.78, 5) is 3.39. The van der Waals surface area contributed by atoms with Crippen LogP contribution in [0.2, 0.25) is 0 Å². The molecule has 0 radical (unpaired) electrons. The number of aromatic nitrogens is 1. The summed E-state index contributed by atoms with van der Waals surface area (Å²) in [5, 5.41) is 11.6. The Morgan fingerprint density at radius 1 is 0.969 bits per heavy atom.